The Morgan fingerprint density at radius 1 is 1.22 bits per heavy atom. The van der Waals surface area contributed by atoms with Gasteiger partial charge >= 0.3 is 119 Å². The van der Waals surface area contributed by atoms with Crippen molar-refractivity contribution in [3.63, 3.8) is 0 Å². The van der Waals surface area contributed by atoms with Crippen LogP contribution in [-0.2, 0) is 0 Å². The molecular weight excluding hydrogens is 287 g/mol. The van der Waals surface area contributed by atoms with E-state index in [1.165, 1.54) is 12.2 Å². The van der Waals surface area contributed by atoms with Crippen LogP contribution in [0.5, 0.6) is 5.75 Å². The van der Waals surface area contributed by atoms with Gasteiger partial charge in [-0.05, 0) is 0 Å². The fraction of sp³-hybridized carbons (Fsp3) is 0.571. The van der Waals surface area contributed by atoms with E-state index in [2.05, 4.69) is 45.7 Å². The van der Waals surface area contributed by atoms with Gasteiger partial charge < -0.3 is 0 Å². The van der Waals surface area contributed by atoms with Crippen molar-refractivity contribution < 1.29 is 4.74 Å². The van der Waals surface area contributed by atoms with Gasteiger partial charge in [0, 0.05) is 0 Å². The molecule has 0 aliphatic carbocycles. The summed E-state index contributed by atoms with van der Waals surface area (Å²) in [4.78, 5) is 4.96. The summed E-state index contributed by atoms with van der Waals surface area (Å²) in [6, 6.07) is 8.28. The molecule has 0 unspecified atom stereocenters. The molecule has 1 aromatic carbocycles. The maximum atomic E-state index is 5.43. The van der Waals surface area contributed by atoms with E-state index in [0.29, 0.717) is 4.71 Å². The second kappa shape index (κ2) is 6.49. The summed E-state index contributed by atoms with van der Waals surface area (Å²) in [6.45, 7) is 7.88. The molecule has 98 valence electrons. The molecule has 1 atom stereocenters. The standard InChI is InChI=1S/C14H21AsN2O/c1-12(15)11-16-7-9-17(10-8-16)13-5-3-4-6-14(13)18-2/h3-6,12H,7-11H2,1-2H3/t12-/m1/s1. The van der Waals surface area contributed by atoms with Crippen molar-refractivity contribution in [2.24, 2.45) is 0 Å². The maximum absolute atomic E-state index is 5.43. The molecule has 0 N–H and O–H groups in total. The van der Waals surface area contributed by atoms with Crippen LogP contribution < -0.4 is 9.64 Å². The van der Waals surface area contributed by atoms with Crippen molar-refractivity contribution in [1.29, 1.82) is 0 Å². The number of hydrogen-bond acceptors (Lipinski definition) is 3. The zero-order valence-electron chi connectivity index (χ0n) is 11.2. The molecule has 1 saturated heterocycles. The Labute approximate surface area is 119 Å². The van der Waals surface area contributed by atoms with Gasteiger partial charge in [0.2, 0.25) is 0 Å². The first-order valence-corrected chi connectivity index (χ1v) is 7.57. The minimum atomic E-state index is 0.690. The number of methoxy groups -OCH3 is 1. The number of para-hydroxylation sites is 2. The summed E-state index contributed by atoms with van der Waals surface area (Å²) in [5.41, 5.74) is 1.22. The van der Waals surface area contributed by atoms with E-state index in [0.717, 1.165) is 31.9 Å². The van der Waals surface area contributed by atoms with E-state index >= 15 is 0 Å². The second-order valence-electron chi connectivity index (χ2n) is 4.81. The Morgan fingerprint density at radius 3 is 2.50 bits per heavy atom. The molecule has 1 aromatic rings. The van der Waals surface area contributed by atoms with Gasteiger partial charge in [0.25, 0.3) is 0 Å². The average Bonchev–Trinajstić information content (AvgIpc) is 2.39. The molecule has 0 aromatic heterocycles. The topological polar surface area (TPSA) is 15.7 Å². The van der Waals surface area contributed by atoms with E-state index in [9.17, 15) is 0 Å². The fourth-order valence-electron chi connectivity index (χ4n) is 2.44. The van der Waals surface area contributed by atoms with Crippen molar-refractivity contribution in [3.05, 3.63) is 24.3 Å². The van der Waals surface area contributed by atoms with Crippen LogP contribution >= 0.6 is 0 Å². The van der Waals surface area contributed by atoms with Gasteiger partial charge in [0.05, 0.1) is 0 Å². The van der Waals surface area contributed by atoms with Gasteiger partial charge in [0.1, 0.15) is 0 Å². The molecule has 1 heterocycles. The summed E-state index contributed by atoms with van der Waals surface area (Å²) in [6.07, 6.45) is 0. The second-order valence-corrected chi connectivity index (χ2v) is 6.66. The number of piperazine rings is 1. The van der Waals surface area contributed by atoms with Crippen molar-refractivity contribution in [2.45, 2.75) is 11.6 Å². The molecule has 0 spiro atoms. The normalized spacial score (nSPS) is 18.7. The van der Waals surface area contributed by atoms with Crippen molar-refractivity contribution in [1.82, 2.24) is 4.90 Å². The zero-order chi connectivity index (χ0) is 13.0. The molecule has 1 aliphatic heterocycles. The van der Waals surface area contributed by atoms with Gasteiger partial charge in [-0.3, -0.25) is 0 Å². The van der Waals surface area contributed by atoms with Crippen LogP contribution in [0.3, 0.4) is 0 Å². The summed E-state index contributed by atoms with van der Waals surface area (Å²) in [7, 11) is 1.74. The van der Waals surface area contributed by atoms with E-state index in [-0.39, 0.29) is 0 Å². The van der Waals surface area contributed by atoms with Crippen LogP contribution in [0.2, 0.25) is 4.71 Å². The van der Waals surface area contributed by atoms with Gasteiger partial charge in [-0.1, -0.05) is 0 Å². The molecule has 3 nitrogen and oxygen atoms in total. The molecule has 0 bridgehead atoms. The van der Waals surface area contributed by atoms with Gasteiger partial charge in [-0.25, -0.2) is 0 Å². The molecule has 0 amide bonds. The van der Waals surface area contributed by atoms with Gasteiger partial charge in [-0.15, -0.1) is 0 Å². The predicted octanol–water partition coefficient (Wildman–Crippen LogP) is 1.79. The molecular formula is C14H21AsN2O. The SMILES string of the molecule is COc1ccccc1N1CCN(C[C@@H](C)[As])CC1. The van der Waals surface area contributed by atoms with Crippen LogP contribution in [0.1, 0.15) is 6.92 Å². The molecule has 4 heteroatoms. The Balaban J connectivity index is 1.97. The van der Waals surface area contributed by atoms with Crippen molar-refractivity contribution in [3.8, 4) is 5.75 Å². The Hall–Kier alpha value is -0.662. The van der Waals surface area contributed by atoms with E-state index < -0.39 is 0 Å². The summed E-state index contributed by atoms with van der Waals surface area (Å²) in [5.74, 6) is 0.978. The number of anilines is 1. The summed E-state index contributed by atoms with van der Waals surface area (Å²) >= 11 is 2.73. The van der Waals surface area contributed by atoms with Gasteiger partial charge in [0.15, 0.2) is 0 Å². The molecule has 1 aliphatic rings. The molecule has 2 rings (SSSR count). The van der Waals surface area contributed by atoms with Gasteiger partial charge in [-0.2, -0.15) is 0 Å². The Bertz CT molecular complexity index is 376. The molecule has 18 heavy (non-hydrogen) atoms. The quantitative estimate of drug-likeness (QED) is 0.789. The third-order valence-corrected chi connectivity index (χ3v) is 3.66. The average molecular weight is 308 g/mol. The van der Waals surface area contributed by atoms with Crippen molar-refractivity contribution in [2.75, 3.05) is 44.7 Å². The summed E-state index contributed by atoms with van der Waals surface area (Å²) < 4.78 is 6.12. The number of nitrogens with zero attached hydrogens (tertiary/aromatic N) is 2. The fourth-order valence-corrected chi connectivity index (χ4v) is 2.92. The monoisotopic (exact) mass is 308 g/mol. The number of hydrogen-bond donors (Lipinski definition) is 0. The Morgan fingerprint density at radius 2 is 1.89 bits per heavy atom. The van der Waals surface area contributed by atoms with Crippen LogP contribution in [0.25, 0.3) is 0 Å². The van der Waals surface area contributed by atoms with Crippen LogP contribution in [0.4, 0.5) is 5.69 Å². The molecule has 0 saturated carbocycles. The van der Waals surface area contributed by atoms with Crippen LogP contribution in [0.15, 0.2) is 24.3 Å². The third kappa shape index (κ3) is 3.43. The minimum absolute atomic E-state index is 0.690. The van der Waals surface area contributed by atoms with E-state index in [4.69, 9.17) is 4.74 Å². The number of rotatable bonds is 4. The van der Waals surface area contributed by atoms with Crippen LogP contribution in [-0.4, -0.2) is 61.6 Å². The van der Waals surface area contributed by atoms with Crippen LogP contribution in [0, 0.1) is 0 Å². The third-order valence-electron chi connectivity index (χ3n) is 3.32. The van der Waals surface area contributed by atoms with E-state index in [1.54, 1.807) is 7.11 Å². The van der Waals surface area contributed by atoms with Crippen molar-refractivity contribution >= 4 is 22.5 Å². The molecule has 1 fully saturated rings. The number of ether oxygens (including phenoxy) is 1. The van der Waals surface area contributed by atoms with E-state index in [1.807, 2.05) is 12.1 Å². The number of benzene rings is 1. The summed E-state index contributed by atoms with van der Waals surface area (Å²) in [5, 5.41) is 0. The Kier molecular flexibility index (Phi) is 4.96. The predicted molar refractivity (Wildman–Crippen MR) is 76.8 cm³/mol. The first-order valence-electron chi connectivity index (χ1n) is 6.49. The first-order chi connectivity index (χ1) is 8.70. The zero-order valence-corrected chi connectivity index (χ0v) is 13.0. The molecule has 2 radical (unpaired) electrons. The first kappa shape index (κ1) is 13.8.